The normalized spacial score (nSPS) is 17.2. The van der Waals surface area contributed by atoms with Crippen LogP contribution in [0.4, 0.5) is 0 Å². The van der Waals surface area contributed by atoms with E-state index in [0.29, 0.717) is 11.6 Å². The van der Waals surface area contributed by atoms with Gasteiger partial charge in [0.2, 0.25) is 0 Å². The monoisotopic (exact) mass is 196 g/mol. The lowest BCUT2D eigenvalue weighted by Crippen LogP contribution is -2.42. The van der Waals surface area contributed by atoms with E-state index in [2.05, 4.69) is 27.4 Å². The van der Waals surface area contributed by atoms with E-state index in [0.717, 1.165) is 19.3 Å². The number of hydrogen-bond acceptors (Lipinski definition) is 2. The highest BCUT2D eigenvalue weighted by Crippen LogP contribution is 2.26. The topological polar surface area (TPSA) is 49.9 Å². The fourth-order valence-corrected chi connectivity index (χ4v) is 1.34. The van der Waals surface area contributed by atoms with Crippen molar-refractivity contribution in [3.63, 3.8) is 0 Å². The van der Waals surface area contributed by atoms with Crippen molar-refractivity contribution < 1.29 is 0 Å². The molecule has 0 radical (unpaired) electrons. The van der Waals surface area contributed by atoms with Gasteiger partial charge in [-0.05, 0) is 39.0 Å². The van der Waals surface area contributed by atoms with Gasteiger partial charge in [-0.25, -0.2) is 0 Å². The van der Waals surface area contributed by atoms with E-state index >= 15 is 0 Å². The first-order chi connectivity index (χ1) is 6.31. The third-order valence-electron chi connectivity index (χ3n) is 3.18. The Morgan fingerprint density at radius 1 is 1.50 bits per heavy atom. The van der Waals surface area contributed by atoms with Crippen molar-refractivity contribution in [1.29, 1.82) is 5.41 Å². The summed E-state index contributed by atoms with van der Waals surface area (Å²) in [6, 6.07) is 0. The second-order valence-electron chi connectivity index (χ2n) is 4.52. The van der Waals surface area contributed by atoms with Gasteiger partial charge in [0.25, 0.3) is 0 Å². The molecule has 0 amide bonds. The van der Waals surface area contributed by atoms with E-state index in [-0.39, 0.29) is 5.54 Å². The molecule has 2 nitrogen and oxygen atoms in total. The average molecular weight is 196 g/mol. The highest BCUT2D eigenvalue weighted by atomic mass is 14.7. The van der Waals surface area contributed by atoms with Gasteiger partial charge in [0, 0.05) is 11.3 Å². The largest absolute Gasteiger partial charge is 0.325 e. The van der Waals surface area contributed by atoms with E-state index in [4.69, 9.17) is 11.1 Å². The first-order valence-corrected chi connectivity index (χ1v) is 5.31. The molecule has 0 bridgehead atoms. The Morgan fingerprint density at radius 2 is 2.00 bits per heavy atom. The minimum Gasteiger partial charge on any atom is -0.325 e. The fraction of sp³-hybridized carbons (Fsp3) is 0.750. The first-order valence-electron chi connectivity index (χ1n) is 5.31. The summed E-state index contributed by atoms with van der Waals surface area (Å²) < 4.78 is 0. The van der Waals surface area contributed by atoms with Crippen LogP contribution in [-0.4, -0.2) is 11.3 Å². The zero-order valence-electron chi connectivity index (χ0n) is 9.98. The van der Waals surface area contributed by atoms with Gasteiger partial charge in [0.15, 0.2) is 0 Å². The third kappa shape index (κ3) is 4.05. The third-order valence-corrected chi connectivity index (χ3v) is 3.18. The van der Waals surface area contributed by atoms with Crippen molar-refractivity contribution in [3.05, 3.63) is 12.2 Å². The zero-order valence-corrected chi connectivity index (χ0v) is 9.98. The van der Waals surface area contributed by atoms with Gasteiger partial charge >= 0.3 is 0 Å². The van der Waals surface area contributed by atoms with Gasteiger partial charge in [-0.1, -0.05) is 26.0 Å². The second kappa shape index (κ2) is 5.30. The van der Waals surface area contributed by atoms with Crippen molar-refractivity contribution in [2.75, 3.05) is 0 Å². The molecule has 0 rings (SSSR count). The van der Waals surface area contributed by atoms with Crippen molar-refractivity contribution in [3.8, 4) is 0 Å². The van der Waals surface area contributed by atoms with Gasteiger partial charge in [-0.3, -0.25) is 0 Å². The minimum absolute atomic E-state index is 0.160. The number of nitrogens with two attached hydrogens (primary N) is 1. The number of hydrogen-bond donors (Lipinski definition) is 2. The quantitative estimate of drug-likeness (QED) is 0.497. The lowest BCUT2D eigenvalue weighted by molar-refractivity contribution is 0.340. The van der Waals surface area contributed by atoms with Crippen LogP contribution in [0.15, 0.2) is 12.2 Å². The van der Waals surface area contributed by atoms with Crippen molar-refractivity contribution in [2.24, 2.45) is 11.7 Å². The standard InChI is InChI=1S/C12H24N2/c1-6-12(5,14)11(4)9(2)7-8-10(3)13/h11,13H,2,6-8,14H2,1,3-5H3. The highest BCUT2D eigenvalue weighted by molar-refractivity contribution is 5.78. The van der Waals surface area contributed by atoms with Gasteiger partial charge in [-0.15, -0.1) is 0 Å². The van der Waals surface area contributed by atoms with E-state index in [1.54, 1.807) is 0 Å². The van der Waals surface area contributed by atoms with Gasteiger partial charge in [0.05, 0.1) is 0 Å². The summed E-state index contributed by atoms with van der Waals surface area (Å²) in [5.74, 6) is 0.326. The molecule has 0 spiro atoms. The molecule has 14 heavy (non-hydrogen) atoms. The molecule has 0 saturated heterocycles. The van der Waals surface area contributed by atoms with Crippen LogP contribution < -0.4 is 5.73 Å². The molecule has 0 aliphatic heterocycles. The maximum absolute atomic E-state index is 7.36. The van der Waals surface area contributed by atoms with Crippen LogP contribution in [0, 0.1) is 11.3 Å². The minimum atomic E-state index is -0.160. The lowest BCUT2D eigenvalue weighted by atomic mass is 9.79. The molecule has 82 valence electrons. The maximum Gasteiger partial charge on any atom is 0.0186 e. The lowest BCUT2D eigenvalue weighted by Gasteiger charge is -2.32. The smallest absolute Gasteiger partial charge is 0.0186 e. The SMILES string of the molecule is C=C(CCC(C)=N)C(C)C(C)(N)CC. The summed E-state index contributed by atoms with van der Waals surface area (Å²) in [6.07, 6.45) is 2.66. The molecule has 0 aliphatic rings. The molecular weight excluding hydrogens is 172 g/mol. The first kappa shape index (κ1) is 13.4. The van der Waals surface area contributed by atoms with Crippen LogP contribution in [0.5, 0.6) is 0 Å². The molecule has 0 aliphatic carbocycles. The molecule has 3 N–H and O–H groups in total. The maximum atomic E-state index is 7.36. The number of rotatable bonds is 6. The molecule has 0 fully saturated rings. The molecule has 2 unspecified atom stereocenters. The summed E-state index contributed by atoms with van der Waals surface area (Å²) in [5, 5.41) is 7.36. The average Bonchev–Trinajstić information content (AvgIpc) is 2.12. The van der Waals surface area contributed by atoms with Crippen LogP contribution in [0.25, 0.3) is 0 Å². The summed E-state index contributed by atoms with van der Waals surface area (Å²) in [6.45, 7) is 12.2. The Balaban J connectivity index is 4.19. The highest BCUT2D eigenvalue weighted by Gasteiger charge is 2.25. The molecule has 2 heteroatoms. The molecular formula is C12H24N2. The number of nitrogens with one attached hydrogen (secondary N) is 1. The molecule has 0 aromatic rings. The Morgan fingerprint density at radius 3 is 2.36 bits per heavy atom. The van der Waals surface area contributed by atoms with Crippen LogP contribution in [0.3, 0.4) is 0 Å². The van der Waals surface area contributed by atoms with E-state index in [9.17, 15) is 0 Å². The molecule has 2 atom stereocenters. The fourth-order valence-electron chi connectivity index (χ4n) is 1.34. The predicted molar refractivity (Wildman–Crippen MR) is 63.8 cm³/mol. The Labute approximate surface area is 88.1 Å². The summed E-state index contributed by atoms with van der Waals surface area (Å²) in [4.78, 5) is 0. The second-order valence-corrected chi connectivity index (χ2v) is 4.52. The molecule has 0 aromatic heterocycles. The van der Waals surface area contributed by atoms with E-state index < -0.39 is 0 Å². The molecule has 0 saturated carbocycles. The summed E-state index contributed by atoms with van der Waals surface area (Å²) >= 11 is 0. The van der Waals surface area contributed by atoms with Crippen LogP contribution >= 0.6 is 0 Å². The van der Waals surface area contributed by atoms with E-state index in [1.807, 2.05) is 6.92 Å². The van der Waals surface area contributed by atoms with E-state index in [1.165, 1.54) is 5.57 Å². The Bertz CT molecular complexity index is 216. The van der Waals surface area contributed by atoms with Gasteiger partial charge in [-0.2, -0.15) is 0 Å². The van der Waals surface area contributed by atoms with Crippen molar-refractivity contribution in [1.82, 2.24) is 0 Å². The Kier molecular flexibility index (Phi) is 5.06. The molecule has 0 heterocycles. The van der Waals surface area contributed by atoms with Crippen LogP contribution in [-0.2, 0) is 0 Å². The van der Waals surface area contributed by atoms with Crippen molar-refractivity contribution in [2.45, 2.75) is 52.5 Å². The zero-order chi connectivity index (χ0) is 11.4. The van der Waals surface area contributed by atoms with Gasteiger partial charge in [0.1, 0.15) is 0 Å². The van der Waals surface area contributed by atoms with Crippen LogP contribution in [0.1, 0.15) is 47.0 Å². The van der Waals surface area contributed by atoms with Crippen LogP contribution in [0.2, 0.25) is 0 Å². The summed E-state index contributed by atoms with van der Waals surface area (Å²) in [7, 11) is 0. The van der Waals surface area contributed by atoms with Gasteiger partial charge < -0.3 is 11.1 Å². The summed E-state index contributed by atoms with van der Waals surface area (Å²) in [5.41, 5.74) is 7.88. The van der Waals surface area contributed by atoms with Crippen molar-refractivity contribution >= 4 is 5.71 Å². The Hall–Kier alpha value is -0.630. The predicted octanol–water partition coefficient (Wildman–Crippen LogP) is 3.13. The molecule has 0 aromatic carbocycles.